The van der Waals surface area contributed by atoms with Gasteiger partial charge in [0.25, 0.3) is 4.99 Å². The number of aliphatic hydroxyl groups excluding tert-OH is 1. The maximum absolute atomic E-state index is 12.1. The smallest absolute Gasteiger partial charge is 0.412 e. The highest BCUT2D eigenvalue weighted by Gasteiger charge is 2.22. The number of ether oxygens (including phenoxy) is 2. The summed E-state index contributed by atoms with van der Waals surface area (Å²) in [6, 6.07) is 10.8. The predicted molar refractivity (Wildman–Crippen MR) is 146 cm³/mol. The van der Waals surface area contributed by atoms with E-state index in [9.17, 15) is 36.6 Å². The number of phenols is 1. The Labute approximate surface area is 232 Å². The maximum Gasteiger partial charge on any atom is 0.412 e. The highest BCUT2D eigenvalue weighted by molar-refractivity contribution is 7.92. The number of esters is 1. The number of carbonyl (C=O) groups is 2. The van der Waals surface area contributed by atoms with Crippen LogP contribution in [0.25, 0.3) is 0 Å². The summed E-state index contributed by atoms with van der Waals surface area (Å²) in [6.07, 6.45) is 0.456. The van der Waals surface area contributed by atoms with Crippen LogP contribution in [-0.2, 0) is 29.8 Å². The lowest BCUT2D eigenvalue weighted by Crippen LogP contribution is -2.43. The number of aliphatic hydroxyl groups is 1. The number of methoxy groups -OCH3 is 1. The summed E-state index contributed by atoms with van der Waals surface area (Å²) in [6.45, 7) is 1.63. The molecular formula is C24H30N4O10S2. The minimum atomic E-state index is -3.59. The molecule has 0 saturated carbocycles. The lowest BCUT2D eigenvalue weighted by atomic mass is 10.0. The zero-order chi connectivity index (χ0) is 29.4. The Morgan fingerprint density at radius 3 is 2.35 bits per heavy atom. The highest BCUT2D eigenvalue weighted by atomic mass is 32.2. The third-order valence-corrected chi connectivity index (χ3v) is 7.15. The number of sulfonamides is 1. The fourth-order valence-corrected chi connectivity index (χ4v) is 4.87. The van der Waals surface area contributed by atoms with E-state index < -0.39 is 43.5 Å². The van der Waals surface area contributed by atoms with Crippen LogP contribution in [0.2, 0.25) is 0 Å². The Balaban J connectivity index is 1.50. The van der Waals surface area contributed by atoms with Gasteiger partial charge in [0, 0.05) is 31.4 Å². The van der Waals surface area contributed by atoms with E-state index in [1.165, 1.54) is 30.3 Å². The molecule has 1 aliphatic rings. The van der Waals surface area contributed by atoms with Crippen LogP contribution in [0.4, 0.5) is 16.2 Å². The van der Waals surface area contributed by atoms with Gasteiger partial charge in [-0.25, -0.2) is 18.0 Å². The molecule has 0 bridgehead atoms. The summed E-state index contributed by atoms with van der Waals surface area (Å²) >= 11 is 0. The molecule has 1 atom stereocenters. The fraction of sp³-hybridized carbons (Fsp3) is 0.375. The Hall–Kier alpha value is -3.86. The number of carbonyl (C=O) groups excluding carboxylic acids is 2. The maximum atomic E-state index is 12.1. The molecule has 3 rings (SSSR count). The van der Waals surface area contributed by atoms with E-state index in [1.807, 2.05) is 0 Å². The molecule has 1 amide bonds. The van der Waals surface area contributed by atoms with Gasteiger partial charge in [0.1, 0.15) is 11.5 Å². The van der Waals surface area contributed by atoms with Gasteiger partial charge in [-0.05, 0) is 54.8 Å². The van der Waals surface area contributed by atoms with Gasteiger partial charge in [-0.1, -0.05) is 6.07 Å². The third-order valence-electron chi connectivity index (χ3n) is 5.96. The minimum absolute atomic E-state index is 0.00930. The van der Waals surface area contributed by atoms with Crippen LogP contribution in [0, 0.1) is 0 Å². The Morgan fingerprint density at radius 2 is 1.77 bits per heavy atom. The molecule has 1 fully saturated rings. The standard InChI is InChI=1S/C24H30N4O10S2/c1-37-24(32)26-22(39(33)34)23(31)38-18-6-4-17(5-7-18)28-11-9-16(10-12-28)25-14-21(30)15-3-8-20(29)19(13-15)27-40(2,35)36/h3-8,13,16,21,25,27,29-30H,9-12,14H2,1-2H3,(H,26,32)/t21-/m0/s1. The predicted octanol–water partition coefficient (Wildman–Crippen LogP) is 0.326. The molecule has 0 spiro atoms. The number of phenolic OH excluding ortho intramolecular Hbond substituents is 1. The highest BCUT2D eigenvalue weighted by Crippen LogP contribution is 2.28. The number of benzene rings is 2. The minimum Gasteiger partial charge on any atom is -0.506 e. The molecule has 1 heterocycles. The van der Waals surface area contributed by atoms with Crippen LogP contribution in [0.3, 0.4) is 0 Å². The quantitative estimate of drug-likeness (QED) is 0.121. The molecule has 0 unspecified atom stereocenters. The number of nitrogens with one attached hydrogen (secondary N) is 3. The summed E-state index contributed by atoms with van der Waals surface area (Å²) in [5.41, 5.74) is 1.30. The fourth-order valence-electron chi connectivity index (χ4n) is 3.96. The SMILES string of the molecule is COC(=O)NC(C(=O)Oc1ccc(N2CCC(NC[C@H](O)c3ccc(O)c(NS(C)(=O)=O)c3)CC2)cc1)=S(=O)=O. The molecule has 1 saturated heterocycles. The van der Waals surface area contributed by atoms with Crippen molar-refractivity contribution in [3.8, 4) is 11.5 Å². The average molecular weight is 599 g/mol. The normalized spacial score (nSPS) is 14.6. The molecule has 218 valence electrons. The van der Waals surface area contributed by atoms with Gasteiger partial charge in [-0.15, -0.1) is 0 Å². The van der Waals surface area contributed by atoms with Gasteiger partial charge in [0.15, 0.2) is 0 Å². The van der Waals surface area contributed by atoms with Crippen molar-refractivity contribution in [3.05, 3.63) is 48.0 Å². The van der Waals surface area contributed by atoms with E-state index >= 15 is 0 Å². The van der Waals surface area contributed by atoms with Crippen LogP contribution in [0.5, 0.6) is 11.5 Å². The van der Waals surface area contributed by atoms with E-state index in [-0.39, 0.29) is 29.8 Å². The van der Waals surface area contributed by atoms with Crippen molar-refractivity contribution in [2.24, 2.45) is 0 Å². The van der Waals surface area contributed by atoms with E-state index in [0.29, 0.717) is 18.7 Å². The second-order valence-corrected chi connectivity index (χ2v) is 11.5. The zero-order valence-corrected chi connectivity index (χ0v) is 23.3. The van der Waals surface area contributed by atoms with Crippen molar-refractivity contribution in [3.63, 3.8) is 0 Å². The first-order valence-corrected chi connectivity index (χ1v) is 14.9. The zero-order valence-electron chi connectivity index (χ0n) is 21.7. The van der Waals surface area contributed by atoms with Gasteiger partial charge >= 0.3 is 12.1 Å². The Morgan fingerprint density at radius 1 is 1.12 bits per heavy atom. The number of hydrogen-bond acceptors (Lipinski definition) is 12. The van der Waals surface area contributed by atoms with Crippen molar-refractivity contribution < 1.29 is 46.1 Å². The average Bonchev–Trinajstić information content (AvgIpc) is 2.91. The molecule has 2 aromatic carbocycles. The number of anilines is 2. The molecule has 0 aromatic heterocycles. The molecule has 5 N–H and O–H groups in total. The summed E-state index contributed by atoms with van der Waals surface area (Å²) in [5.74, 6) is -1.43. The van der Waals surface area contributed by atoms with Crippen LogP contribution in [0.15, 0.2) is 42.5 Å². The van der Waals surface area contributed by atoms with Gasteiger partial charge in [-0.3, -0.25) is 10.0 Å². The van der Waals surface area contributed by atoms with E-state index in [2.05, 4.69) is 19.7 Å². The van der Waals surface area contributed by atoms with Crippen molar-refractivity contribution in [2.45, 2.75) is 25.0 Å². The molecule has 40 heavy (non-hydrogen) atoms. The number of nitrogens with zero attached hydrogens (tertiary/aromatic N) is 1. The van der Waals surface area contributed by atoms with Crippen LogP contribution in [0.1, 0.15) is 24.5 Å². The second kappa shape index (κ2) is 13.5. The van der Waals surface area contributed by atoms with E-state index in [0.717, 1.165) is 31.9 Å². The summed E-state index contributed by atoms with van der Waals surface area (Å²) in [4.78, 5) is 24.5. The first-order chi connectivity index (χ1) is 18.9. The number of amides is 1. The first kappa shape index (κ1) is 30.7. The van der Waals surface area contributed by atoms with E-state index in [1.54, 1.807) is 17.4 Å². The molecule has 14 nitrogen and oxygen atoms in total. The lowest BCUT2D eigenvalue weighted by molar-refractivity contribution is -0.127. The van der Waals surface area contributed by atoms with Gasteiger partial charge in [0.2, 0.25) is 20.3 Å². The van der Waals surface area contributed by atoms with Crippen LogP contribution < -0.4 is 25.0 Å². The van der Waals surface area contributed by atoms with Gasteiger partial charge < -0.3 is 29.9 Å². The largest absolute Gasteiger partial charge is 0.506 e. The van der Waals surface area contributed by atoms with Crippen molar-refractivity contribution >= 4 is 48.7 Å². The lowest BCUT2D eigenvalue weighted by Gasteiger charge is -2.34. The molecule has 2 aromatic rings. The first-order valence-electron chi connectivity index (χ1n) is 12.0. The third kappa shape index (κ3) is 8.84. The second-order valence-electron chi connectivity index (χ2n) is 8.90. The van der Waals surface area contributed by atoms with Crippen molar-refractivity contribution in [2.75, 3.05) is 42.6 Å². The summed E-state index contributed by atoms with van der Waals surface area (Å²) in [7, 11) is -5.62. The topological polar surface area (TPSA) is 201 Å². The molecule has 16 heteroatoms. The number of alkyl carbamates (subject to hydrolysis) is 1. The molecular weight excluding hydrogens is 568 g/mol. The number of hydrogen-bond donors (Lipinski definition) is 5. The monoisotopic (exact) mass is 598 g/mol. The summed E-state index contributed by atoms with van der Waals surface area (Å²) < 4.78 is 57.0. The van der Waals surface area contributed by atoms with Crippen molar-refractivity contribution in [1.82, 2.24) is 10.6 Å². The number of piperidine rings is 1. The van der Waals surface area contributed by atoms with Crippen LogP contribution >= 0.6 is 0 Å². The van der Waals surface area contributed by atoms with Gasteiger partial charge in [0.05, 0.1) is 25.2 Å². The Kier molecular flexibility index (Phi) is 10.3. The molecule has 0 radical (unpaired) electrons. The molecule has 1 aliphatic heterocycles. The van der Waals surface area contributed by atoms with E-state index in [4.69, 9.17) is 4.74 Å². The van der Waals surface area contributed by atoms with Gasteiger partial charge in [-0.2, -0.15) is 8.42 Å². The number of aromatic hydroxyl groups is 1. The molecule has 0 aliphatic carbocycles. The summed E-state index contributed by atoms with van der Waals surface area (Å²) in [5, 5.41) is 25.6. The van der Waals surface area contributed by atoms with Crippen molar-refractivity contribution in [1.29, 1.82) is 0 Å². The Bertz CT molecular complexity index is 1460. The number of rotatable bonds is 8. The van der Waals surface area contributed by atoms with Crippen LogP contribution in [-0.4, -0.2) is 83.1 Å².